The van der Waals surface area contributed by atoms with Crippen LogP contribution in [0.15, 0.2) is 0 Å². The highest BCUT2D eigenvalue weighted by Crippen LogP contribution is 2.34. The van der Waals surface area contributed by atoms with E-state index in [1.165, 1.54) is 0 Å². The summed E-state index contributed by atoms with van der Waals surface area (Å²) < 4.78 is 25.9. The van der Waals surface area contributed by atoms with Gasteiger partial charge in [0.1, 0.15) is 0 Å². The van der Waals surface area contributed by atoms with Crippen molar-refractivity contribution in [1.29, 1.82) is 0 Å². The molecule has 0 aromatic heterocycles. The minimum atomic E-state index is -2.41. The van der Waals surface area contributed by atoms with E-state index in [9.17, 15) is 0 Å². The van der Waals surface area contributed by atoms with Gasteiger partial charge < -0.3 is 17.7 Å². The fraction of sp³-hybridized carbons (Fsp3) is 1.00. The van der Waals surface area contributed by atoms with Gasteiger partial charge in [-0.15, -0.1) is 0 Å². The summed E-state index contributed by atoms with van der Waals surface area (Å²) in [6, 6.07) is 1.72. The topological polar surface area (TPSA) is 36.9 Å². The van der Waals surface area contributed by atoms with Gasteiger partial charge in [0.25, 0.3) is 0 Å². The molecule has 0 N–H and O–H groups in total. The molecule has 0 fully saturated rings. The molecule has 0 saturated heterocycles. The molecule has 0 heterocycles. The third-order valence-electron chi connectivity index (χ3n) is 3.12. The van der Waals surface area contributed by atoms with E-state index in [0.29, 0.717) is 0 Å². The Morgan fingerprint density at radius 3 is 0.692 bits per heavy atom. The van der Waals surface area contributed by atoms with Crippen molar-refractivity contribution in [2.75, 3.05) is 0 Å². The molecule has 0 saturated carbocycles. The lowest BCUT2D eigenvalue weighted by molar-refractivity contribution is 0.00946. The summed E-state index contributed by atoms with van der Waals surface area (Å²) in [5, 5.41) is 0. The lowest BCUT2D eigenvalue weighted by atomic mass is 10.2. The minimum Gasteiger partial charge on any atom is -0.389 e. The molecular weight excluding hydrogens is 360 g/mol. The first-order chi connectivity index (χ1) is 11.0. The number of hydrogen-bond donors (Lipinski definition) is 0. The molecule has 0 aromatic carbocycles. The van der Waals surface area contributed by atoms with Gasteiger partial charge in [0, 0.05) is 0 Å². The van der Waals surface area contributed by atoms with Gasteiger partial charge in [0.15, 0.2) is 0 Å². The summed E-state index contributed by atoms with van der Waals surface area (Å²) in [6.45, 7) is 29.5. The van der Waals surface area contributed by atoms with Crippen LogP contribution in [0.1, 0.15) is 83.1 Å². The van der Waals surface area contributed by atoms with E-state index in [-0.39, 0.29) is 22.4 Å². The monoisotopic (exact) mass is 406 g/mol. The quantitative estimate of drug-likeness (QED) is 0.459. The van der Waals surface area contributed by atoms with E-state index >= 15 is 0 Å². The van der Waals surface area contributed by atoms with Crippen molar-refractivity contribution in [3.63, 3.8) is 0 Å². The summed E-state index contributed by atoms with van der Waals surface area (Å²) in [6.07, 6.45) is 0. The third kappa shape index (κ3) is 13.4. The van der Waals surface area contributed by atoms with E-state index in [0.717, 1.165) is 12.1 Å². The molecule has 26 heavy (non-hydrogen) atoms. The maximum Gasteiger partial charge on any atom is 0.335 e. The molecule has 158 valence electrons. The van der Waals surface area contributed by atoms with Crippen molar-refractivity contribution in [1.82, 2.24) is 0 Å². The van der Waals surface area contributed by atoms with Crippen LogP contribution in [0.5, 0.6) is 0 Å². The van der Waals surface area contributed by atoms with Gasteiger partial charge >= 0.3 is 17.1 Å². The summed E-state index contributed by atoms with van der Waals surface area (Å²) in [7, 11) is -4.81. The van der Waals surface area contributed by atoms with Crippen molar-refractivity contribution < 1.29 is 17.7 Å². The molecule has 0 unspecified atom stereocenters. The molecule has 0 rings (SSSR count). The van der Waals surface area contributed by atoms with E-state index in [1.807, 2.05) is 0 Å². The molecule has 0 amide bonds. The van der Waals surface area contributed by atoms with Crippen LogP contribution in [0, 0.1) is 0 Å². The molecule has 0 bridgehead atoms. The van der Waals surface area contributed by atoms with Gasteiger partial charge in [-0.3, -0.25) is 0 Å². The average Bonchev–Trinajstić information content (AvgIpc) is 2.15. The Kier molecular flexibility index (Phi) is 8.42. The zero-order chi connectivity index (χ0) is 21.2. The zero-order valence-electron chi connectivity index (χ0n) is 20.0. The highest BCUT2D eigenvalue weighted by Gasteiger charge is 2.46. The zero-order valence-corrected chi connectivity index (χ0v) is 22.0. The molecule has 0 aliphatic rings. The summed E-state index contributed by atoms with van der Waals surface area (Å²) in [5.41, 5.74) is -0.945. The molecule has 0 spiro atoms. The van der Waals surface area contributed by atoms with Crippen molar-refractivity contribution in [3.8, 4) is 0 Å². The number of hydrogen-bond acceptors (Lipinski definition) is 4. The first-order valence-electron chi connectivity index (χ1n) is 9.84. The Bertz CT molecular complexity index is 363. The molecule has 0 aliphatic carbocycles. The maximum absolute atomic E-state index is 6.48. The van der Waals surface area contributed by atoms with Crippen molar-refractivity contribution in [2.45, 2.75) is 131 Å². The predicted octanol–water partition coefficient (Wildman–Crippen LogP) is 6.39. The van der Waals surface area contributed by atoms with Gasteiger partial charge in [0.05, 0.1) is 22.4 Å². The van der Waals surface area contributed by atoms with E-state index in [1.54, 1.807) is 0 Å². The fourth-order valence-corrected chi connectivity index (χ4v) is 12.6. The normalized spacial score (nSPS) is 15.5. The van der Waals surface area contributed by atoms with Gasteiger partial charge in [-0.05, 0) is 108 Å². The second-order valence-electron chi connectivity index (χ2n) is 11.6. The van der Waals surface area contributed by atoms with Crippen molar-refractivity contribution in [2.24, 2.45) is 0 Å². The van der Waals surface area contributed by atoms with Gasteiger partial charge in [0.2, 0.25) is 0 Å². The van der Waals surface area contributed by atoms with Crippen LogP contribution < -0.4 is 0 Å². The van der Waals surface area contributed by atoms with E-state index in [4.69, 9.17) is 17.7 Å². The Morgan fingerprint density at radius 2 is 0.577 bits per heavy atom. The molecule has 6 heteroatoms. The van der Waals surface area contributed by atoms with Gasteiger partial charge in [-0.25, -0.2) is 0 Å². The van der Waals surface area contributed by atoms with Crippen LogP contribution in [0.2, 0.25) is 25.2 Å². The molecular formula is C20H46O4Si2. The standard InChI is InChI=1S/C20H46O4Si2/c1-17(2,3)21-25(13,22-18(4,5)6)15-16-26(14,23-19(7,8)9)24-20(10,11)12/h15-16H2,1-14H3. The SMILES string of the molecule is CC(C)(C)O[Si](C)(CC[Si](C)(OC(C)(C)C)OC(C)(C)C)OC(C)(C)C. The molecule has 0 atom stereocenters. The average molecular weight is 407 g/mol. The lowest BCUT2D eigenvalue weighted by Gasteiger charge is -2.43. The van der Waals surface area contributed by atoms with E-state index in [2.05, 4.69) is 96.2 Å². The second-order valence-corrected chi connectivity index (χ2v) is 18.0. The second kappa shape index (κ2) is 8.33. The van der Waals surface area contributed by atoms with Crippen LogP contribution >= 0.6 is 0 Å². The van der Waals surface area contributed by atoms with Crippen LogP contribution in [0.25, 0.3) is 0 Å². The summed E-state index contributed by atoms with van der Waals surface area (Å²) >= 11 is 0. The largest absolute Gasteiger partial charge is 0.389 e. The smallest absolute Gasteiger partial charge is 0.335 e. The van der Waals surface area contributed by atoms with Gasteiger partial charge in [-0.2, -0.15) is 0 Å². The lowest BCUT2D eigenvalue weighted by Crippen LogP contribution is -2.53. The Hall–Kier alpha value is 0.274. The molecule has 4 nitrogen and oxygen atoms in total. The number of rotatable bonds is 7. The molecule has 0 aromatic rings. The predicted molar refractivity (Wildman–Crippen MR) is 116 cm³/mol. The molecule has 0 radical (unpaired) electrons. The highest BCUT2D eigenvalue weighted by molar-refractivity contribution is 6.72. The van der Waals surface area contributed by atoms with Crippen LogP contribution in [0.3, 0.4) is 0 Å². The van der Waals surface area contributed by atoms with Crippen molar-refractivity contribution in [3.05, 3.63) is 0 Å². The van der Waals surface area contributed by atoms with Crippen molar-refractivity contribution >= 4 is 17.1 Å². The molecule has 0 aliphatic heterocycles. The minimum absolute atomic E-state index is 0.236. The first-order valence-corrected chi connectivity index (χ1v) is 14.9. The summed E-state index contributed by atoms with van der Waals surface area (Å²) in [4.78, 5) is 0. The maximum atomic E-state index is 6.48. The summed E-state index contributed by atoms with van der Waals surface area (Å²) in [5.74, 6) is 0. The Morgan fingerprint density at radius 1 is 0.423 bits per heavy atom. The first kappa shape index (κ1) is 26.3. The fourth-order valence-electron chi connectivity index (χ4n) is 3.29. The third-order valence-corrected chi connectivity index (χ3v) is 10.1. The van der Waals surface area contributed by atoms with Crippen LogP contribution in [0.4, 0.5) is 0 Å². The van der Waals surface area contributed by atoms with Crippen LogP contribution in [-0.4, -0.2) is 39.5 Å². The Labute approximate surface area is 165 Å². The van der Waals surface area contributed by atoms with Gasteiger partial charge in [-0.1, -0.05) is 0 Å². The van der Waals surface area contributed by atoms with E-state index < -0.39 is 17.1 Å². The van der Waals surface area contributed by atoms with Crippen LogP contribution in [-0.2, 0) is 17.7 Å². The highest BCUT2D eigenvalue weighted by atomic mass is 28.4. The Balaban J connectivity index is 5.50.